The number of carbonyl (C=O) groups is 3. The van der Waals surface area contributed by atoms with Gasteiger partial charge in [0.15, 0.2) is 0 Å². The second-order valence-electron chi connectivity index (χ2n) is 7.44. The lowest BCUT2D eigenvalue weighted by atomic mass is 10.0. The fraction of sp³-hybridized carbons (Fsp3) is 0.450. The summed E-state index contributed by atoms with van der Waals surface area (Å²) in [5.74, 6) is -2.40. The molecule has 2 aromatic rings. The number of hydrogen-bond donors (Lipinski definition) is 6. The molecule has 0 radical (unpaired) electrons. The number of nitrogens with two attached hydrogens (primary N) is 1. The number of aliphatic hydroxyl groups excluding tert-OH is 1. The van der Waals surface area contributed by atoms with Crippen LogP contribution in [0.1, 0.15) is 25.8 Å². The van der Waals surface area contributed by atoms with Gasteiger partial charge in [-0.15, -0.1) is 0 Å². The number of aromatic nitrogens is 1. The van der Waals surface area contributed by atoms with Crippen LogP contribution in [0, 0.1) is 5.92 Å². The third-order valence-electron chi connectivity index (χ3n) is 4.59. The van der Waals surface area contributed by atoms with E-state index in [0.717, 1.165) is 16.5 Å². The minimum absolute atomic E-state index is 0.0564. The van der Waals surface area contributed by atoms with Gasteiger partial charge in [-0.1, -0.05) is 32.0 Å². The van der Waals surface area contributed by atoms with E-state index in [4.69, 9.17) is 10.8 Å². The van der Waals surface area contributed by atoms with Crippen molar-refractivity contribution in [2.24, 2.45) is 11.7 Å². The summed E-state index contributed by atoms with van der Waals surface area (Å²) in [4.78, 5) is 39.6. The summed E-state index contributed by atoms with van der Waals surface area (Å²) in [5, 5.41) is 24.4. The lowest BCUT2D eigenvalue weighted by molar-refractivity contribution is -0.142. The number of aromatic amines is 1. The molecule has 1 aromatic heterocycles. The van der Waals surface area contributed by atoms with E-state index >= 15 is 0 Å². The van der Waals surface area contributed by atoms with Gasteiger partial charge >= 0.3 is 5.97 Å². The van der Waals surface area contributed by atoms with Crippen molar-refractivity contribution in [2.75, 3.05) is 6.61 Å². The Balaban J connectivity index is 2.24. The summed E-state index contributed by atoms with van der Waals surface area (Å²) in [7, 11) is 0. The first-order chi connectivity index (χ1) is 13.7. The van der Waals surface area contributed by atoms with Crippen molar-refractivity contribution in [3.63, 3.8) is 0 Å². The average molecular weight is 404 g/mol. The summed E-state index contributed by atoms with van der Waals surface area (Å²) in [6.07, 6.45) is 2.13. The van der Waals surface area contributed by atoms with Gasteiger partial charge < -0.3 is 31.6 Å². The number of benzene rings is 1. The van der Waals surface area contributed by atoms with E-state index in [2.05, 4.69) is 15.6 Å². The number of carbonyl (C=O) groups excluding carboxylic acids is 2. The van der Waals surface area contributed by atoms with E-state index in [1.807, 2.05) is 38.1 Å². The zero-order valence-electron chi connectivity index (χ0n) is 16.5. The number of aliphatic hydroxyl groups is 1. The van der Waals surface area contributed by atoms with Gasteiger partial charge in [0.25, 0.3) is 0 Å². The number of rotatable bonds is 10. The number of H-pyrrole nitrogens is 1. The van der Waals surface area contributed by atoms with Crippen LogP contribution in [0.15, 0.2) is 30.5 Å². The van der Waals surface area contributed by atoms with Crippen LogP contribution in [-0.4, -0.2) is 57.7 Å². The van der Waals surface area contributed by atoms with E-state index in [1.165, 1.54) is 0 Å². The first-order valence-corrected chi connectivity index (χ1v) is 9.47. The monoisotopic (exact) mass is 404 g/mol. The van der Waals surface area contributed by atoms with Crippen LogP contribution in [0.25, 0.3) is 10.9 Å². The highest BCUT2D eigenvalue weighted by Crippen LogP contribution is 2.19. The number of carboxylic acids is 1. The quantitative estimate of drug-likeness (QED) is 0.330. The van der Waals surface area contributed by atoms with Crippen molar-refractivity contribution in [2.45, 2.75) is 44.8 Å². The molecule has 7 N–H and O–H groups in total. The van der Waals surface area contributed by atoms with Crippen LogP contribution >= 0.6 is 0 Å². The van der Waals surface area contributed by atoms with Gasteiger partial charge in [0.05, 0.1) is 6.61 Å². The Labute approximate surface area is 168 Å². The standard InChI is InChI=1S/C20H28N4O5/c1-11(2)7-17(20(28)29)24-19(27)16(23-18(26)14(21)10-25)8-12-9-22-15-6-4-3-5-13(12)15/h3-6,9,11,14,16-17,22,25H,7-8,10,21H2,1-2H3,(H,23,26)(H,24,27)(H,28,29). The molecule has 158 valence electrons. The minimum Gasteiger partial charge on any atom is -0.480 e. The van der Waals surface area contributed by atoms with Gasteiger partial charge in [0.2, 0.25) is 11.8 Å². The molecule has 0 aliphatic rings. The minimum atomic E-state index is -1.18. The van der Waals surface area contributed by atoms with Gasteiger partial charge in [-0.2, -0.15) is 0 Å². The molecule has 1 heterocycles. The predicted molar refractivity (Wildman–Crippen MR) is 108 cm³/mol. The van der Waals surface area contributed by atoms with E-state index < -0.39 is 42.5 Å². The Morgan fingerprint density at radius 3 is 2.38 bits per heavy atom. The van der Waals surface area contributed by atoms with Gasteiger partial charge in [0.1, 0.15) is 18.1 Å². The zero-order valence-corrected chi connectivity index (χ0v) is 16.5. The normalized spacial score (nSPS) is 14.4. The number of nitrogens with one attached hydrogen (secondary N) is 3. The molecule has 0 saturated carbocycles. The molecule has 0 fully saturated rings. The van der Waals surface area contributed by atoms with Gasteiger partial charge in [-0.05, 0) is 24.0 Å². The molecule has 2 amide bonds. The van der Waals surface area contributed by atoms with Crippen LogP contribution in [0.2, 0.25) is 0 Å². The Bertz CT molecular complexity index is 863. The molecule has 0 saturated heterocycles. The van der Waals surface area contributed by atoms with E-state index in [9.17, 15) is 19.5 Å². The van der Waals surface area contributed by atoms with E-state index in [-0.39, 0.29) is 18.8 Å². The third-order valence-corrected chi connectivity index (χ3v) is 4.59. The average Bonchev–Trinajstić information content (AvgIpc) is 3.08. The zero-order chi connectivity index (χ0) is 21.6. The van der Waals surface area contributed by atoms with Crippen LogP contribution in [0.3, 0.4) is 0 Å². The highest BCUT2D eigenvalue weighted by atomic mass is 16.4. The van der Waals surface area contributed by atoms with Crippen molar-refractivity contribution in [3.8, 4) is 0 Å². The SMILES string of the molecule is CC(C)CC(NC(=O)C(Cc1c[nH]c2ccccc12)NC(=O)C(N)CO)C(=O)O. The van der Waals surface area contributed by atoms with E-state index in [1.54, 1.807) is 6.20 Å². The number of carboxylic acid groups (broad SMARTS) is 1. The van der Waals surface area contributed by atoms with Crippen molar-refractivity contribution in [1.29, 1.82) is 0 Å². The molecule has 9 nitrogen and oxygen atoms in total. The Kier molecular flexibility index (Phi) is 7.74. The van der Waals surface area contributed by atoms with Crippen LogP contribution in [0.5, 0.6) is 0 Å². The molecular formula is C20H28N4O5. The maximum atomic E-state index is 12.8. The van der Waals surface area contributed by atoms with Crippen LogP contribution in [-0.2, 0) is 20.8 Å². The maximum Gasteiger partial charge on any atom is 0.326 e. The summed E-state index contributed by atoms with van der Waals surface area (Å²) < 4.78 is 0. The summed E-state index contributed by atoms with van der Waals surface area (Å²) in [6, 6.07) is 4.20. The molecule has 2 rings (SSSR count). The first kappa shape index (κ1) is 22.4. The number of amides is 2. The molecule has 1 aromatic carbocycles. The molecule has 0 spiro atoms. The molecule has 0 bridgehead atoms. The number of aliphatic carboxylic acids is 1. The molecule has 0 aliphatic carbocycles. The van der Waals surface area contributed by atoms with Gasteiger partial charge in [-0.25, -0.2) is 4.79 Å². The Morgan fingerprint density at radius 2 is 1.76 bits per heavy atom. The smallest absolute Gasteiger partial charge is 0.326 e. The molecule has 3 unspecified atom stereocenters. The Morgan fingerprint density at radius 1 is 1.10 bits per heavy atom. The van der Waals surface area contributed by atoms with Crippen LogP contribution in [0.4, 0.5) is 0 Å². The van der Waals surface area contributed by atoms with Crippen molar-refractivity contribution in [3.05, 3.63) is 36.0 Å². The van der Waals surface area contributed by atoms with Crippen molar-refractivity contribution >= 4 is 28.7 Å². The van der Waals surface area contributed by atoms with Gasteiger partial charge in [0, 0.05) is 23.5 Å². The first-order valence-electron chi connectivity index (χ1n) is 9.47. The molecular weight excluding hydrogens is 376 g/mol. The molecule has 29 heavy (non-hydrogen) atoms. The topological polar surface area (TPSA) is 158 Å². The predicted octanol–water partition coefficient (Wildman–Crippen LogP) is 0.130. The molecule has 0 aliphatic heterocycles. The highest BCUT2D eigenvalue weighted by molar-refractivity contribution is 5.93. The fourth-order valence-corrected chi connectivity index (χ4v) is 3.06. The maximum absolute atomic E-state index is 12.8. The number of para-hydroxylation sites is 1. The third kappa shape index (κ3) is 6.03. The Hall–Kier alpha value is -2.91. The summed E-state index contributed by atoms with van der Waals surface area (Å²) in [6.45, 7) is 3.14. The lowest BCUT2D eigenvalue weighted by Gasteiger charge is -2.23. The number of fused-ring (bicyclic) bond motifs is 1. The highest BCUT2D eigenvalue weighted by Gasteiger charge is 2.29. The van der Waals surface area contributed by atoms with Gasteiger partial charge in [-0.3, -0.25) is 9.59 Å². The number of hydrogen-bond acceptors (Lipinski definition) is 5. The second kappa shape index (κ2) is 10.0. The van der Waals surface area contributed by atoms with E-state index in [0.29, 0.717) is 0 Å². The summed E-state index contributed by atoms with van der Waals surface area (Å²) in [5.41, 5.74) is 7.21. The molecule has 9 heteroatoms. The van der Waals surface area contributed by atoms with Crippen molar-refractivity contribution < 1.29 is 24.6 Å². The van der Waals surface area contributed by atoms with Crippen LogP contribution < -0.4 is 16.4 Å². The molecule has 3 atom stereocenters. The summed E-state index contributed by atoms with van der Waals surface area (Å²) >= 11 is 0. The van der Waals surface area contributed by atoms with Crippen molar-refractivity contribution in [1.82, 2.24) is 15.6 Å². The second-order valence-corrected chi connectivity index (χ2v) is 7.44. The fourth-order valence-electron chi connectivity index (χ4n) is 3.06. The lowest BCUT2D eigenvalue weighted by Crippen LogP contribution is -2.56. The largest absolute Gasteiger partial charge is 0.480 e.